The normalized spacial score (nSPS) is 16.4. The summed E-state index contributed by atoms with van der Waals surface area (Å²) in [6, 6.07) is 18.9. The molecule has 154 valence electrons. The Morgan fingerprint density at radius 2 is 1.80 bits per heavy atom. The van der Waals surface area contributed by atoms with E-state index in [9.17, 15) is 14.7 Å². The van der Waals surface area contributed by atoms with E-state index in [4.69, 9.17) is 12.2 Å². The summed E-state index contributed by atoms with van der Waals surface area (Å²) in [6.45, 7) is -0.362. The number of carbonyl (C=O) groups excluding carboxylic acids is 2. The predicted octanol–water partition coefficient (Wildman–Crippen LogP) is 3.16. The van der Waals surface area contributed by atoms with Gasteiger partial charge in [0, 0.05) is 0 Å². The number of hydrogen-bond donors (Lipinski definition) is 2. The molecule has 0 aromatic heterocycles. The number of hydrogen-bond acceptors (Lipinski definition) is 5. The van der Waals surface area contributed by atoms with Gasteiger partial charge in [0.25, 0.3) is 5.91 Å². The van der Waals surface area contributed by atoms with Crippen molar-refractivity contribution in [2.45, 2.75) is 12.5 Å². The maximum atomic E-state index is 12.6. The maximum Gasteiger partial charge on any atom is 0.266 e. The molecule has 2 amide bonds. The highest BCUT2D eigenvalue weighted by atomic mass is 32.2. The van der Waals surface area contributed by atoms with Crippen molar-refractivity contribution in [1.29, 1.82) is 0 Å². The standard InChI is InChI=1S/C23H22N2O3S2/c26-16-19(14-18-10-5-2-6-11-18)24-21(27)15-25-22(28)20(30-23(25)29)13-7-12-17-8-3-1-4-9-17/h1-13,19,26H,14-16H2,(H,24,27)/b12-7+,20-13-/t19-/m1/s1. The molecule has 1 heterocycles. The van der Waals surface area contributed by atoms with Crippen molar-refractivity contribution in [1.82, 2.24) is 10.2 Å². The number of carbonyl (C=O) groups is 2. The summed E-state index contributed by atoms with van der Waals surface area (Å²) in [5.41, 5.74) is 2.03. The van der Waals surface area contributed by atoms with Crippen LogP contribution >= 0.6 is 24.0 Å². The molecule has 2 aromatic carbocycles. The first-order chi connectivity index (χ1) is 14.6. The highest BCUT2D eigenvalue weighted by molar-refractivity contribution is 8.26. The van der Waals surface area contributed by atoms with Crippen LogP contribution in [-0.4, -0.2) is 45.3 Å². The molecule has 1 saturated heterocycles. The van der Waals surface area contributed by atoms with Crippen LogP contribution in [0.2, 0.25) is 0 Å². The van der Waals surface area contributed by atoms with Crippen LogP contribution in [-0.2, 0) is 16.0 Å². The van der Waals surface area contributed by atoms with Crippen LogP contribution in [0.4, 0.5) is 0 Å². The van der Waals surface area contributed by atoms with E-state index in [1.54, 1.807) is 12.2 Å². The lowest BCUT2D eigenvalue weighted by molar-refractivity contribution is -0.129. The van der Waals surface area contributed by atoms with Crippen molar-refractivity contribution >= 4 is 46.2 Å². The van der Waals surface area contributed by atoms with Gasteiger partial charge in [0.05, 0.1) is 17.6 Å². The van der Waals surface area contributed by atoms with Gasteiger partial charge in [0.15, 0.2) is 0 Å². The largest absolute Gasteiger partial charge is 0.394 e. The molecule has 1 aliphatic heterocycles. The third kappa shape index (κ3) is 6.13. The first kappa shape index (κ1) is 22.0. The summed E-state index contributed by atoms with van der Waals surface area (Å²) in [4.78, 5) is 26.8. The fraction of sp³-hybridized carbons (Fsp3) is 0.174. The average Bonchev–Trinajstić information content (AvgIpc) is 3.02. The SMILES string of the molecule is O=C(CN1C(=O)/C(=C/C=C/c2ccccc2)SC1=S)N[C@@H](CO)Cc1ccccc1. The second kappa shape index (κ2) is 10.9. The molecule has 0 saturated carbocycles. The van der Waals surface area contributed by atoms with Crippen molar-refractivity contribution in [3.05, 3.63) is 88.8 Å². The number of allylic oxidation sites excluding steroid dienone is 2. The molecular weight excluding hydrogens is 416 g/mol. The Bertz CT molecular complexity index is 959. The second-order valence-corrected chi connectivity index (χ2v) is 8.37. The molecule has 0 radical (unpaired) electrons. The number of nitrogens with one attached hydrogen (secondary N) is 1. The van der Waals surface area contributed by atoms with Gasteiger partial charge >= 0.3 is 0 Å². The van der Waals surface area contributed by atoms with Gasteiger partial charge in [-0.3, -0.25) is 14.5 Å². The summed E-state index contributed by atoms with van der Waals surface area (Å²) in [6.07, 6.45) is 5.90. The van der Waals surface area contributed by atoms with Crippen LogP contribution < -0.4 is 5.32 Å². The van der Waals surface area contributed by atoms with Gasteiger partial charge in [0.2, 0.25) is 5.91 Å². The minimum absolute atomic E-state index is 0.171. The predicted molar refractivity (Wildman–Crippen MR) is 125 cm³/mol. The van der Waals surface area contributed by atoms with Crippen LogP contribution in [0.5, 0.6) is 0 Å². The molecule has 0 spiro atoms. The molecule has 0 aliphatic carbocycles. The summed E-state index contributed by atoms with van der Waals surface area (Å²) < 4.78 is 0.345. The fourth-order valence-electron chi connectivity index (χ4n) is 2.94. The Morgan fingerprint density at radius 3 is 2.47 bits per heavy atom. The van der Waals surface area contributed by atoms with E-state index >= 15 is 0 Å². The highest BCUT2D eigenvalue weighted by Crippen LogP contribution is 2.30. The first-order valence-electron chi connectivity index (χ1n) is 9.48. The first-order valence-corrected chi connectivity index (χ1v) is 10.7. The van der Waals surface area contributed by atoms with Crippen molar-refractivity contribution in [2.75, 3.05) is 13.2 Å². The minimum Gasteiger partial charge on any atom is -0.394 e. The van der Waals surface area contributed by atoms with Gasteiger partial charge in [0.1, 0.15) is 10.9 Å². The molecule has 1 fully saturated rings. The Morgan fingerprint density at radius 1 is 1.13 bits per heavy atom. The zero-order valence-corrected chi connectivity index (χ0v) is 17.9. The Labute approximate surface area is 185 Å². The number of thioether (sulfide) groups is 1. The molecule has 5 nitrogen and oxygen atoms in total. The number of amides is 2. The molecule has 1 atom stereocenters. The minimum atomic E-state index is -0.428. The Kier molecular flexibility index (Phi) is 7.96. The van der Waals surface area contributed by atoms with E-state index in [1.807, 2.05) is 66.7 Å². The molecule has 1 aliphatic rings. The van der Waals surface area contributed by atoms with Crippen molar-refractivity contribution in [2.24, 2.45) is 0 Å². The summed E-state index contributed by atoms with van der Waals surface area (Å²) in [7, 11) is 0. The molecule has 30 heavy (non-hydrogen) atoms. The number of rotatable bonds is 8. The number of benzene rings is 2. The van der Waals surface area contributed by atoms with Gasteiger partial charge in [-0.05, 0) is 23.6 Å². The number of nitrogens with zero attached hydrogens (tertiary/aromatic N) is 1. The number of aliphatic hydroxyl groups excluding tert-OH is 1. The zero-order valence-electron chi connectivity index (χ0n) is 16.2. The third-order valence-electron chi connectivity index (χ3n) is 4.42. The van der Waals surface area contributed by atoms with Gasteiger partial charge in [-0.25, -0.2) is 0 Å². The van der Waals surface area contributed by atoms with E-state index in [2.05, 4.69) is 5.32 Å². The fourth-order valence-corrected chi connectivity index (χ4v) is 4.14. The smallest absolute Gasteiger partial charge is 0.266 e. The van der Waals surface area contributed by atoms with Crippen LogP contribution in [0.15, 0.2) is 77.7 Å². The van der Waals surface area contributed by atoms with Crippen LogP contribution in [0.25, 0.3) is 6.08 Å². The summed E-state index contributed by atoms with van der Waals surface area (Å²) in [5, 5.41) is 12.4. The second-order valence-electron chi connectivity index (χ2n) is 6.70. The van der Waals surface area contributed by atoms with Gasteiger partial charge in [-0.1, -0.05) is 96.8 Å². The van der Waals surface area contributed by atoms with Gasteiger partial charge < -0.3 is 10.4 Å². The van der Waals surface area contributed by atoms with E-state index in [1.165, 1.54) is 16.7 Å². The lowest BCUT2D eigenvalue weighted by Gasteiger charge is -2.19. The highest BCUT2D eigenvalue weighted by Gasteiger charge is 2.33. The Balaban J connectivity index is 1.57. The quantitative estimate of drug-likeness (QED) is 0.489. The van der Waals surface area contributed by atoms with E-state index in [-0.39, 0.29) is 25.0 Å². The van der Waals surface area contributed by atoms with E-state index in [0.29, 0.717) is 15.6 Å². The topological polar surface area (TPSA) is 69.6 Å². The lowest BCUT2D eigenvalue weighted by atomic mass is 10.1. The van der Waals surface area contributed by atoms with Crippen LogP contribution in [0.3, 0.4) is 0 Å². The number of aliphatic hydroxyl groups is 1. The van der Waals surface area contributed by atoms with Crippen molar-refractivity contribution < 1.29 is 14.7 Å². The van der Waals surface area contributed by atoms with Gasteiger partial charge in [-0.15, -0.1) is 0 Å². The number of thiocarbonyl (C=S) groups is 1. The van der Waals surface area contributed by atoms with Crippen LogP contribution in [0.1, 0.15) is 11.1 Å². The molecule has 7 heteroatoms. The lowest BCUT2D eigenvalue weighted by Crippen LogP contribution is -2.45. The summed E-state index contributed by atoms with van der Waals surface area (Å²) >= 11 is 6.45. The van der Waals surface area contributed by atoms with Crippen molar-refractivity contribution in [3.8, 4) is 0 Å². The molecule has 2 N–H and O–H groups in total. The molecule has 0 unspecified atom stereocenters. The monoisotopic (exact) mass is 438 g/mol. The molecular formula is C23H22N2O3S2. The maximum absolute atomic E-state index is 12.6. The van der Waals surface area contributed by atoms with E-state index < -0.39 is 6.04 Å². The molecule has 2 aromatic rings. The zero-order chi connectivity index (χ0) is 21.3. The Hall–Kier alpha value is -2.74. The van der Waals surface area contributed by atoms with Crippen molar-refractivity contribution in [3.63, 3.8) is 0 Å². The molecule has 0 bridgehead atoms. The molecule has 3 rings (SSSR count). The average molecular weight is 439 g/mol. The third-order valence-corrected chi connectivity index (χ3v) is 5.82. The van der Waals surface area contributed by atoms with Gasteiger partial charge in [-0.2, -0.15) is 0 Å². The van der Waals surface area contributed by atoms with Crippen LogP contribution in [0, 0.1) is 0 Å². The van der Waals surface area contributed by atoms with E-state index in [0.717, 1.165) is 11.1 Å². The summed E-state index contributed by atoms with van der Waals surface area (Å²) in [5.74, 6) is -0.649.